The van der Waals surface area contributed by atoms with E-state index in [0.29, 0.717) is 24.6 Å². The van der Waals surface area contributed by atoms with Crippen LogP contribution in [0.1, 0.15) is 12.0 Å². The fourth-order valence-electron chi connectivity index (χ4n) is 1.89. The molecule has 0 radical (unpaired) electrons. The maximum Gasteiger partial charge on any atom is 0.271 e. The molecule has 2 rings (SSSR count). The number of amides is 1. The standard InChI is InChI=1S/C11H13BrN2O2/c1-7-2-9(11(16)13-5-7)14-6-8(4-12)3-10(14)15/h2,5,8H,3-4,6H2,1H3,(H,13,16). The van der Waals surface area contributed by atoms with Crippen LogP contribution in [0.3, 0.4) is 0 Å². The molecule has 0 aliphatic carbocycles. The maximum absolute atomic E-state index is 11.8. The summed E-state index contributed by atoms with van der Waals surface area (Å²) >= 11 is 3.37. The monoisotopic (exact) mass is 284 g/mol. The van der Waals surface area contributed by atoms with E-state index in [1.54, 1.807) is 17.2 Å². The highest BCUT2D eigenvalue weighted by Gasteiger charge is 2.31. The molecule has 5 heteroatoms. The van der Waals surface area contributed by atoms with Crippen LogP contribution in [0.2, 0.25) is 0 Å². The number of halogens is 1. The maximum atomic E-state index is 11.8. The van der Waals surface area contributed by atoms with E-state index in [2.05, 4.69) is 20.9 Å². The largest absolute Gasteiger partial charge is 0.327 e. The van der Waals surface area contributed by atoms with Gasteiger partial charge in [0.15, 0.2) is 0 Å². The van der Waals surface area contributed by atoms with Crippen LogP contribution in [0.25, 0.3) is 0 Å². The number of hydrogen-bond donors (Lipinski definition) is 1. The van der Waals surface area contributed by atoms with E-state index in [9.17, 15) is 9.59 Å². The Bertz CT molecular complexity index is 469. The summed E-state index contributed by atoms with van der Waals surface area (Å²) in [6.07, 6.45) is 2.16. The second-order valence-corrected chi connectivity index (χ2v) is 4.77. The molecular weight excluding hydrogens is 272 g/mol. The van der Waals surface area contributed by atoms with E-state index in [1.807, 2.05) is 6.92 Å². The Morgan fingerprint density at radius 2 is 2.31 bits per heavy atom. The summed E-state index contributed by atoms with van der Waals surface area (Å²) in [7, 11) is 0. The van der Waals surface area contributed by atoms with Crippen molar-refractivity contribution in [2.45, 2.75) is 13.3 Å². The first-order chi connectivity index (χ1) is 7.61. The molecule has 2 heterocycles. The van der Waals surface area contributed by atoms with Crippen LogP contribution in [0.5, 0.6) is 0 Å². The molecule has 0 bridgehead atoms. The Kier molecular flexibility index (Phi) is 3.14. The number of alkyl halides is 1. The van der Waals surface area contributed by atoms with Gasteiger partial charge >= 0.3 is 0 Å². The number of nitrogens with one attached hydrogen (secondary N) is 1. The van der Waals surface area contributed by atoms with Gasteiger partial charge in [-0.2, -0.15) is 0 Å². The van der Waals surface area contributed by atoms with E-state index in [0.717, 1.165) is 10.9 Å². The highest BCUT2D eigenvalue weighted by molar-refractivity contribution is 9.09. The third-order valence-electron chi connectivity index (χ3n) is 2.74. The van der Waals surface area contributed by atoms with Gasteiger partial charge in [-0.15, -0.1) is 0 Å². The lowest BCUT2D eigenvalue weighted by Crippen LogP contribution is -2.30. The Hall–Kier alpha value is -1.10. The van der Waals surface area contributed by atoms with Crippen LogP contribution in [0.15, 0.2) is 17.1 Å². The van der Waals surface area contributed by atoms with Crippen molar-refractivity contribution in [3.8, 4) is 0 Å². The van der Waals surface area contributed by atoms with Gasteiger partial charge in [-0.3, -0.25) is 9.59 Å². The second-order valence-electron chi connectivity index (χ2n) is 4.12. The zero-order valence-electron chi connectivity index (χ0n) is 9.00. The van der Waals surface area contributed by atoms with Gasteiger partial charge in [0.1, 0.15) is 5.69 Å². The molecule has 0 aromatic carbocycles. The molecule has 1 aliphatic rings. The molecule has 1 amide bonds. The number of pyridine rings is 1. The first kappa shape index (κ1) is 11.4. The summed E-state index contributed by atoms with van der Waals surface area (Å²) in [4.78, 5) is 27.6. The van der Waals surface area contributed by atoms with Crippen molar-refractivity contribution in [3.05, 3.63) is 28.2 Å². The summed E-state index contributed by atoms with van der Waals surface area (Å²) < 4.78 is 0. The number of aromatic nitrogens is 1. The number of aromatic amines is 1. The Labute approximate surface area is 102 Å². The van der Waals surface area contributed by atoms with E-state index >= 15 is 0 Å². The quantitative estimate of drug-likeness (QED) is 0.836. The van der Waals surface area contributed by atoms with Crippen LogP contribution in [0.4, 0.5) is 5.69 Å². The van der Waals surface area contributed by atoms with Gasteiger partial charge < -0.3 is 9.88 Å². The molecule has 1 fully saturated rings. The summed E-state index contributed by atoms with van der Waals surface area (Å²) in [5, 5.41) is 0.791. The lowest BCUT2D eigenvalue weighted by atomic mass is 10.2. The number of hydrogen-bond acceptors (Lipinski definition) is 2. The predicted molar refractivity (Wildman–Crippen MR) is 66.1 cm³/mol. The highest BCUT2D eigenvalue weighted by atomic mass is 79.9. The van der Waals surface area contributed by atoms with Crippen LogP contribution in [-0.4, -0.2) is 22.8 Å². The number of nitrogens with zero attached hydrogens (tertiary/aromatic N) is 1. The number of rotatable bonds is 2. The highest BCUT2D eigenvalue weighted by Crippen LogP contribution is 2.23. The van der Waals surface area contributed by atoms with E-state index < -0.39 is 0 Å². The summed E-state index contributed by atoms with van der Waals surface area (Å²) in [5.74, 6) is 0.327. The van der Waals surface area contributed by atoms with Gasteiger partial charge in [0.2, 0.25) is 5.91 Å². The predicted octanol–water partition coefficient (Wildman–Crippen LogP) is 1.43. The Balaban J connectivity index is 2.34. The summed E-state index contributed by atoms with van der Waals surface area (Å²) in [5.41, 5.74) is 1.22. The fourth-order valence-corrected chi connectivity index (χ4v) is 2.33. The normalized spacial score (nSPS) is 20.5. The summed E-state index contributed by atoms with van der Waals surface area (Å²) in [6, 6.07) is 1.76. The van der Waals surface area contributed by atoms with Crippen molar-refractivity contribution in [2.75, 3.05) is 16.8 Å². The molecule has 1 atom stereocenters. The minimum Gasteiger partial charge on any atom is -0.327 e. The van der Waals surface area contributed by atoms with E-state index in [1.165, 1.54) is 0 Å². The first-order valence-corrected chi connectivity index (χ1v) is 6.29. The van der Waals surface area contributed by atoms with E-state index in [4.69, 9.17) is 0 Å². The minimum absolute atomic E-state index is 0.0283. The molecule has 1 saturated heterocycles. The van der Waals surface area contributed by atoms with Crippen LogP contribution in [-0.2, 0) is 4.79 Å². The smallest absolute Gasteiger partial charge is 0.271 e. The Morgan fingerprint density at radius 1 is 1.56 bits per heavy atom. The molecule has 1 aromatic heterocycles. The average molecular weight is 285 g/mol. The van der Waals surface area contributed by atoms with Crippen LogP contribution in [0, 0.1) is 12.8 Å². The van der Waals surface area contributed by atoms with Crippen molar-refractivity contribution in [1.82, 2.24) is 4.98 Å². The van der Waals surface area contributed by atoms with Crippen molar-refractivity contribution >= 4 is 27.5 Å². The second kappa shape index (κ2) is 4.41. The zero-order chi connectivity index (χ0) is 11.7. The SMILES string of the molecule is Cc1c[nH]c(=O)c(N2CC(CBr)CC2=O)c1. The van der Waals surface area contributed by atoms with Crippen molar-refractivity contribution in [1.29, 1.82) is 0 Å². The van der Waals surface area contributed by atoms with Gasteiger partial charge in [0.05, 0.1) is 0 Å². The molecule has 1 aromatic rings. The lowest BCUT2D eigenvalue weighted by molar-refractivity contribution is -0.117. The van der Waals surface area contributed by atoms with Gasteiger partial charge in [0.25, 0.3) is 5.56 Å². The fraction of sp³-hybridized carbons (Fsp3) is 0.455. The third kappa shape index (κ3) is 2.04. The molecule has 1 N–H and O–H groups in total. The van der Waals surface area contributed by atoms with Crippen molar-refractivity contribution in [3.63, 3.8) is 0 Å². The van der Waals surface area contributed by atoms with E-state index in [-0.39, 0.29) is 11.5 Å². The molecule has 86 valence electrons. The molecule has 0 saturated carbocycles. The summed E-state index contributed by atoms with van der Waals surface area (Å²) in [6.45, 7) is 2.51. The minimum atomic E-state index is -0.200. The molecule has 4 nitrogen and oxygen atoms in total. The van der Waals surface area contributed by atoms with Gasteiger partial charge in [0, 0.05) is 24.5 Å². The number of carbonyl (C=O) groups is 1. The van der Waals surface area contributed by atoms with Crippen LogP contribution < -0.4 is 10.5 Å². The number of aryl methyl sites for hydroxylation is 1. The van der Waals surface area contributed by atoms with Gasteiger partial charge in [-0.05, 0) is 24.5 Å². The van der Waals surface area contributed by atoms with Gasteiger partial charge in [-0.1, -0.05) is 15.9 Å². The molecule has 0 spiro atoms. The van der Waals surface area contributed by atoms with Crippen molar-refractivity contribution < 1.29 is 4.79 Å². The molecule has 16 heavy (non-hydrogen) atoms. The van der Waals surface area contributed by atoms with Crippen LogP contribution >= 0.6 is 15.9 Å². The zero-order valence-corrected chi connectivity index (χ0v) is 10.6. The number of anilines is 1. The Morgan fingerprint density at radius 3 is 2.94 bits per heavy atom. The molecule has 1 aliphatic heterocycles. The number of H-pyrrole nitrogens is 1. The van der Waals surface area contributed by atoms with Crippen molar-refractivity contribution in [2.24, 2.45) is 5.92 Å². The first-order valence-electron chi connectivity index (χ1n) is 5.17. The van der Waals surface area contributed by atoms with Gasteiger partial charge in [-0.25, -0.2) is 0 Å². The number of carbonyl (C=O) groups excluding carboxylic acids is 1. The average Bonchev–Trinajstić information content (AvgIpc) is 2.63. The molecular formula is C11H13BrN2O2. The lowest BCUT2D eigenvalue weighted by Gasteiger charge is -2.15. The molecule has 1 unspecified atom stereocenters. The topological polar surface area (TPSA) is 53.2 Å². The third-order valence-corrected chi connectivity index (χ3v) is 3.66.